The quantitative estimate of drug-likeness (QED) is 0.814. The standard InChI is InChI=1S/C12H18ClN3O/c1-3-16-11(10(13)9(2)14-16)12(17)15-7-5-4-6-8-15/h3-8H2,1-2H3. The lowest BCUT2D eigenvalue weighted by Gasteiger charge is -2.26. The summed E-state index contributed by atoms with van der Waals surface area (Å²) in [6.45, 7) is 6.14. The van der Waals surface area contributed by atoms with Crippen molar-refractivity contribution in [3.63, 3.8) is 0 Å². The number of aromatic nitrogens is 2. The Balaban J connectivity index is 2.29. The molecular weight excluding hydrogens is 238 g/mol. The van der Waals surface area contributed by atoms with E-state index >= 15 is 0 Å². The molecule has 1 amide bonds. The van der Waals surface area contributed by atoms with E-state index in [0.717, 1.165) is 31.6 Å². The Kier molecular flexibility index (Phi) is 3.72. The van der Waals surface area contributed by atoms with Crippen LogP contribution in [0.15, 0.2) is 0 Å². The zero-order chi connectivity index (χ0) is 12.4. The van der Waals surface area contributed by atoms with Crippen LogP contribution in [0, 0.1) is 6.92 Å². The predicted molar refractivity (Wildman–Crippen MR) is 67.4 cm³/mol. The van der Waals surface area contributed by atoms with Gasteiger partial charge in [-0.1, -0.05) is 11.6 Å². The van der Waals surface area contributed by atoms with E-state index < -0.39 is 0 Å². The van der Waals surface area contributed by atoms with Crippen LogP contribution in [0.3, 0.4) is 0 Å². The SMILES string of the molecule is CCn1nc(C)c(Cl)c1C(=O)N1CCCCC1. The van der Waals surface area contributed by atoms with Gasteiger partial charge < -0.3 is 4.90 Å². The van der Waals surface area contributed by atoms with E-state index in [1.54, 1.807) is 4.68 Å². The van der Waals surface area contributed by atoms with Crippen LogP contribution in [0.25, 0.3) is 0 Å². The second kappa shape index (κ2) is 5.08. The molecule has 17 heavy (non-hydrogen) atoms. The lowest BCUT2D eigenvalue weighted by molar-refractivity contribution is 0.0712. The molecule has 1 fully saturated rings. The highest BCUT2D eigenvalue weighted by Crippen LogP contribution is 2.23. The smallest absolute Gasteiger partial charge is 0.273 e. The molecule has 94 valence electrons. The van der Waals surface area contributed by atoms with Crippen molar-refractivity contribution in [2.45, 2.75) is 39.7 Å². The van der Waals surface area contributed by atoms with E-state index in [9.17, 15) is 4.79 Å². The average Bonchev–Trinajstić information content (AvgIpc) is 2.65. The van der Waals surface area contributed by atoms with Gasteiger partial charge in [0.05, 0.1) is 10.7 Å². The fourth-order valence-electron chi connectivity index (χ4n) is 2.24. The number of nitrogens with zero attached hydrogens (tertiary/aromatic N) is 3. The highest BCUT2D eigenvalue weighted by atomic mass is 35.5. The number of carbonyl (C=O) groups is 1. The Morgan fingerprint density at radius 3 is 2.59 bits per heavy atom. The molecule has 4 nitrogen and oxygen atoms in total. The average molecular weight is 256 g/mol. The Bertz CT molecular complexity index is 422. The van der Waals surface area contributed by atoms with Gasteiger partial charge in [-0.2, -0.15) is 5.10 Å². The minimum absolute atomic E-state index is 0.0251. The van der Waals surface area contributed by atoms with Gasteiger partial charge in [-0.15, -0.1) is 0 Å². The maximum atomic E-state index is 12.4. The van der Waals surface area contributed by atoms with Crippen molar-refractivity contribution in [2.24, 2.45) is 0 Å². The van der Waals surface area contributed by atoms with Crippen molar-refractivity contribution in [1.29, 1.82) is 0 Å². The Labute approximate surface area is 107 Å². The number of halogens is 1. The normalized spacial score (nSPS) is 16.3. The molecular formula is C12H18ClN3O. The number of hydrogen-bond acceptors (Lipinski definition) is 2. The summed E-state index contributed by atoms with van der Waals surface area (Å²) in [5, 5.41) is 4.78. The minimum Gasteiger partial charge on any atom is -0.337 e. The molecule has 1 aromatic heterocycles. The Morgan fingerprint density at radius 1 is 1.35 bits per heavy atom. The van der Waals surface area contributed by atoms with Crippen LogP contribution in [0.1, 0.15) is 42.4 Å². The summed E-state index contributed by atoms with van der Waals surface area (Å²) in [6.07, 6.45) is 3.38. The first-order chi connectivity index (χ1) is 8.15. The zero-order valence-corrected chi connectivity index (χ0v) is 11.1. The zero-order valence-electron chi connectivity index (χ0n) is 10.4. The van der Waals surface area contributed by atoms with Gasteiger partial charge in [0.15, 0.2) is 0 Å². The Morgan fingerprint density at radius 2 is 2.00 bits per heavy atom. The third-order valence-corrected chi connectivity index (χ3v) is 3.65. The summed E-state index contributed by atoms with van der Waals surface area (Å²) in [6, 6.07) is 0. The second-order valence-corrected chi connectivity index (χ2v) is 4.79. The number of piperidine rings is 1. The van der Waals surface area contributed by atoms with Gasteiger partial charge in [-0.3, -0.25) is 9.48 Å². The molecule has 1 aliphatic rings. The van der Waals surface area contributed by atoms with E-state index in [1.165, 1.54) is 6.42 Å². The van der Waals surface area contributed by atoms with Gasteiger partial charge in [-0.25, -0.2) is 0 Å². The molecule has 1 saturated heterocycles. The van der Waals surface area contributed by atoms with Crippen LogP contribution in [0.5, 0.6) is 0 Å². The van der Waals surface area contributed by atoms with Crippen molar-refractivity contribution < 1.29 is 4.79 Å². The van der Waals surface area contributed by atoms with Gasteiger partial charge in [0.2, 0.25) is 0 Å². The molecule has 2 rings (SSSR count). The number of likely N-dealkylation sites (tertiary alicyclic amines) is 1. The van der Waals surface area contributed by atoms with Crippen LogP contribution in [0.4, 0.5) is 0 Å². The van der Waals surface area contributed by atoms with Gasteiger partial charge in [0, 0.05) is 19.6 Å². The second-order valence-electron chi connectivity index (χ2n) is 4.42. The largest absolute Gasteiger partial charge is 0.337 e. The summed E-state index contributed by atoms with van der Waals surface area (Å²) in [4.78, 5) is 14.3. The fourth-order valence-corrected chi connectivity index (χ4v) is 2.46. The number of aryl methyl sites for hydroxylation is 2. The van der Waals surface area contributed by atoms with Crippen LogP contribution in [-0.2, 0) is 6.54 Å². The molecule has 0 unspecified atom stereocenters. The monoisotopic (exact) mass is 255 g/mol. The van der Waals surface area contributed by atoms with Crippen LogP contribution in [0.2, 0.25) is 5.02 Å². The first kappa shape index (κ1) is 12.4. The van der Waals surface area contributed by atoms with Crippen molar-refractivity contribution in [1.82, 2.24) is 14.7 Å². The maximum Gasteiger partial charge on any atom is 0.273 e. The van der Waals surface area contributed by atoms with Crippen LogP contribution < -0.4 is 0 Å². The minimum atomic E-state index is 0.0251. The number of hydrogen-bond donors (Lipinski definition) is 0. The van der Waals surface area contributed by atoms with Crippen LogP contribution in [-0.4, -0.2) is 33.7 Å². The molecule has 0 saturated carbocycles. The molecule has 1 aromatic rings. The number of amides is 1. The molecule has 0 spiro atoms. The van der Waals surface area contributed by atoms with E-state index in [0.29, 0.717) is 17.3 Å². The molecule has 0 radical (unpaired) electrons. The van der Waals surface area contributed by atoms with E-state index in [-0.39, 0.29) is 5.91 Å². The number of rotatable bonds is 2. The fraction of sp³-hybridized carbons (Fsp3) is 0.667. The first-order valence-corrected chi connectivity index (χ1v) is 6.55. The lowest BCUT2D eigenvalue weighted by atomic mass is 10.1. The summed E-state index contributed by atoms with van der Waals surface area (Å²) in [5.41, 5.74) is 1.28. The molecule has 0 bridgehead atoms. The molecule has 2 heterocycles. The molecule has 0 aromatic carbocycles. The maximum absolute atomic E-state index is 12.4. The molecule has 0 N–H and O–H groups in total. The van der Waals surface area contributed by atoms with Gasteiger partial charge in [0.1, 0.15) is 5.69 Å². The number of carbonyl (C=O) groups excluding carboxylic acids is 1. The van der Waals surface area contributed by atoms with Crippen molar-refractivity contribution >= 4 is 17.5 Å². The molecule has 5 heteroatoms. The third-order valence-electron chi connectivity index (χ3n) is 3.20. The summed E-state index contributed by atoms with van der Waals surface area (Å²) < 4.78 is 1.70. The summed E-state index contributed by atoms with van der Waals surface area (Å²) in [5.74, 6) is 0.0251. The van der Waals surface area contributed by atoms with Gasteiger partial charge in [0.25, 0.3) is 5.91 Å². The van der Waals surface area contributed by atoms with Crippen LogP contribution >= 0.6 is 11.6 Å². The van der Waals surface area contributed by atoms with E-state index in [4.69, 9.17) is 11.6 Å². The van der Waals surface area contributed by atoms with E-state index in [1.807, 2.05) is 18.7 Å². The topological polar surface area (TPSA) is 38.1 Å². The summed E-state index contributed by atoms with van der Waals surface area (Å²) in [7, 11) is 0. The van der Waals surface area contributed by atoms with E-state index in [2.05, 4.69) is 5.10 Å². The van der Waals surface area contributed by atoms with Crippen molar-refractivity contribution in [2.75, 3.05) is 13.1 Å². The predicted octanol–water partition coefficient (Wildman–Crippen LogP) is 2.49. The van der Waals surface area contributed by atoms with Gasteiger partial charge >= 0.3 is 0 Å². The first-order valence-electron chi connectivity index (χ1n) is 6.17. The summed E-state index contributed by atoms with van der Waals surface area (Å²) >= 11 is 6.18. The molecule has 0 aliphatic carbocycles. The molecule has 0 atom stereocenters. The lowest BCUT2D eigenvalue weighted by Crippen LogP contribution is -2.37. The van der Waals surface area contributed by atoms with Crippen molar-refractivity contribution in [3.8, 4) is 0 Å². The Hall–Kier alpha value is -1.03. The molecule has 1 aliphatic heterocycles. The van der Waals surface area contributed by atoms with Gasteiger partial charge in [-0.05, 0) is 33.1 Å². The van der Waals surface area contributed by atoms with Crippen molar-refractivity contribution in [3.05, 3.63) is 16.4 Å². The third kappa shape index (κ3) is 2.32. The highest BCUT2D eigenvalue weighted by Gasteiger charge is 2.25. The highest BCUT2D eigenvalue weighted by molar-refractivity contribution is 6.34.